The molecule has 0 fully saturated rings. The molecule has 1 aromatic heterocycles. The number of hydrogen-bond acceptors (Lipinski definition) is 4. The van der Waals surface area contributed by atoms with Crippen LogP contribution in [0, 0.1) is 13.8 Å². The van der Waals surface area contributed by atoms with E-state index in [1.807, 2.05) is 6.07 Å². The highest BCUT2D eigenvalue weighted by Crippen LogP contribution is 2.24. The van der Waals surface area contributed by atoms with Gasteiger partial charge in [0.15, 0.2) is 5.75 Å². The summed E-state index contributed by atoms with van der Waals surface area (Å²) in [6.45, 7) is 4.12. The molecule has 1 heterocycles. The van der Waals surface area contributed by atoms with Gasteiger partial charge >= 0.3 is 6.16 Å². The highest BCUT2D eigenvalue weighted by Gasteiger charge is 2.06. The molecule has 2 aromatic rings. The van der Waals surface area contributed by atoms with E-state index in [1.54, 1.807) is 12.3 Å². The Balaban J connectivity index is 2.32. The molecule has 19 heavy (non-hydrogen) atoms. The van der Waals surface area contributed by atoms with Crippen LogP contribution in [-0.2, 0) is 4.74 Å². The number of carbonyl (C=O) groups is 1. The molecule has 0 saturated heterocycles. The number of pyridine rings is 1. The third-order valence-electron chi connectivity index (χ3n) is 2.92. The number of rotatable bonds is 2. The zero-order valence-electron chi connectivity index (χ0n) is 11.1. The largest absolute Gasteiger partial charge is 0.513 e. The monoisotopic (exact) mass is 257 g/mol. The van der Waals surface area contributed by atoms with Crippen molar-refractivity contribution in [2.75, 3.05) is 7.11 Å². The number of methoxy groups -OCH3 is 1. The van der Waals surface area contributed by atoms with Gasteiger partial charge in [0.2, 0.25) is 0 Å². The van der Waals surface area contributed by atoms with Gasteiger partial charge in [0.05, 0.1) is 13.3 Å². The van der Waals surface area contributed by atoms with Crippen LogP contribution in [0.15, 0.2) is 36.7 Å². The van der Waals surface area contributed by atoms with Gasteiger partial charge in [-0.15, -0.1) is 0 Å². The minimum atomic E-state index is -0.751. The van der Waals surface area contributed by atoms with E-state index in [0.717, 1.165) is 11.1 Å². The Morgan fingerprint density at radius 3 is 2.53 bits per heavy atom. The molecule has 0 amide bonds. The van der Waals surface area contributed by atoms with Crippen LogP contribution in [0.4, 0.5) is 4.79 Å². The van der Waals surface area contributed by atoms with Crippen molar-refractivity contribution in [1.29, 1.82) is 0 Å². The molecule has 98 valence electrons. The lowest BCUT2D eigenvalue weighted by Gasteiger charge is -2.07. The quantitative estimate of drug-likeness (QED) is 0.772. The summed E-state index contributed by atoms with van der Waals surface area (Å²) in [6, 6.07) is 7.90. The molecule has 1 aromatic carbocycles. The standard InChI is InChI=1S/C15H15NO3/c1-10-4-5-12(6-11(10)2)13-7-14(9-16-8-13)19-15(17)18-3/h4-9H,1-3H3. The molecule has 4 heteroatoms. The molecule has 2 rings (SSSR count). The minimum absolute atomic E-state index is 0.363. The fraction of sp³-hybridized carbons (Fsp3) is 0.200. The van der Waals surface area contributed by atoms with E-state index in [9.17, 15) is 4.79 Å². The second-order valence-corrected chi connectivity index (χ2v) is 4.26. The molecule has 0 aliphatic carbocycles. The number of ether oxygens (including phenoxy) is 2. The van der Waals surface area contributed by atoms with E-state index >= 15 is 0 Å². The number of benzene rings is 1. The summed E-state index contributed by atoms with van der Waals surface area (Å²) in [5.74, 6) is 0.363. The SMILES string of the molecule is COC(=O)Oc1cncc(-c2ccc(C)c(C)c2)c1. The van der Waals surface area contributed by atoms with Crippen LogP contribution in [-0.4, -0.2) is 18.2 Å². The van der Waals surface area contributed by atoms with Crippen molar-refractivity contribution in [3.8, 4) is 16.9 Å². The second kappa shape index (κ2) is 5.52. The third kappa shape index (κ3) is 3.10. The molecule has 0 aliphatic rings. The molecule has 4 nitrogen and oxygen atoms in total. The van der Waals surface area contributed by atoms with Crippen molar-refractivity contribution < 1.29 is 14.3 Å². The Bertz CT molecular complexity index is 608. The van der Waals surface area contributed by atoms with E-state index in [2.05, 4.69) is 35.7 Å². The number of carbonyl (C=O) groups excluding carboxylic acids is 1. The van der Waals surface area contributed by atoms with Gasteiger partial charge in [-0.25, -0.2) is 4.79 Å². The topological polar surface area (TPSA) is 48.4 Å². The summed E-state index contributed by atoms with van der Waals surface area (Å²) >= 11 is 0. The Hall–Kier alpha value is -2.36. The zero-order valence-corrected chi connectivity index (χ0v) is 11.1. The van der Waals surface area contributed by atoms with Crippen LogP contribution in [0.1, 0.15) is 11.1 Å². The van der Waals surface area contributed by atoms with E-state index < -0.39 is 6.16 Å². The summed E-state index contributed by atoms with van der Waals surface area (Å²) in [5, 5.41) is 0. The van der Waals surface area contributed by atoms with Crippen molar-refractivity contribution >= 4 is 6.16 Å². The third-order valence-corrected chi connectivity index (χ3v) is 2.92. The average molecular weight is 257 g/mol. The van der Waals surface area contributed by atoms with Gasteiger partial charge in [0, 0.05) is 11.8 Å². The molecular formula is C15H15NO3. The van der Waals surface area contributed by atoms with Crippen molar-refractivity contribution in [2.24, 2.45) is 0 Å². The lowest BCUT2D eigenvalue weighted by Crippen LogP contribution is -2.07. The van der Waals surface area contributed by atoms with Gasteiger partial charge in [0.25, 0.3) is 0 Å². The first kappa shape index (κ1) is 13.1. The van der Waals surface area contributed by atoms with E-state index in [0.29, 0.717) is 5.75 Å². The summed E-state index contributed by atoms with van der Waals surface area (Å²) in [7, 11) is 1.27. The number of hydrogen-bond donors (Lipinski definition) is 0. The van der Waals surface area contributed by atoms with E-state index in [4.69, 9.17) is 4.74 Å². The predicted molar refractivity (Wildman–Crippen MR) is 72.2 cm³/mol. The van der Waals surface area contributed by atoms with Crippen molar-refractivity contribution in [2.45, 2.75) is 13.8 Å². The molecular weight excluding hydrogens is 242 g/mol. The van der Waals surface area contributed by atoms with Gasteiger partial charge < -0.3 is 9.47 Å². The van der Waals surface area contributed by atoms with Crippen LogP contribution in [0.3, 0.4) is 0 Å². The van der Waals surface area contributed by atoms with Gasteiger partial charge in [-0.2, -0.15) is 0 Å². The normalized spacial score (nSPS) is 10.1. The highest BCUT2D eigenvalue weighted by molar-refractivity contribution is 5.68. The van der Waals surface area contributed by atoms with Crippen LogP contribution >= 0.6 is 0 Å². The first-order valence-electron chi connectivity index (χ1n) is 5.88. The summed E-state index contributed by atoms with van der Waals surface area (Å²) < 4.78 is 9.40. The van der Waals surface area contributed by atoms with Gasteiger partial charge in [-0.3, -0.25) is 4.98 Å². The van der Waals surface area contributed by atoms with Crippen LogP contribution in [0.5, 0.6) is 5.75 Å². The maximum Gasteiger partial charge on any atom is 0.513 e. The smallest absolute Gasteiger partial charge is 0.437 e. The van der Waals surface area contributed by atoms with Crippen LogP contribution in [0.2, 0.25) is 0 Å². The van der Waals surface area contributed by atoms with E-state index in [1.165, 1.54) is 24.4 Å². The summed E-state index contributed by atoms with van der Waals surface area (Å²) in [6.07, 6.45) is 2.45. The second-order valence-electron chi connectivity index (χ2n) is 4.26. The molecule has 0 saturated carbocycles. The molecule has 0 spiro atoms. The van der Waals surface area contributed by atoms with Gasteiger partial charge in [-0.1, -0.05) is 18.2 Å². The molecule has 0 atom stereocenters. The zero-order chi connectivity index (χ0) is 13.8. The predicted octanol–water partition coefficient (Wildman–Crippen LogP) is 3.51. The highest BCUT2D eigenvalue weighted by atomic mass is 16.7. The Morgan fingerprint density at radius 2 is 1.84 bits per heavy atom. The lowest BCUT2D eigenvalue weighted by molar-refractivity contribution is 0.121. The summed E-state index contributed by atoms with van der Waals surface area (Å²) in [4.78, 5) is 15.1. The fourth-order valence-electron chi connectivity index (χ4n) is 1.69. The van der Waals surface area contributed by atoms with Gasteiger partial charge in [0.1, 0.15) is 0 Å². The molecule has 0 aliphatic heterocycles. The fourth-order valence-corrected chi connectivity index (χ4v) is 1.69. The number of aromatic nitrogens is 1. The minimum Gasteiger partial charge on any atom is -0.437 e. The van der Waals surface area contributed by atoms with Crippen LogP contribution < -0.4 is 4.74 Å². The van der Waals surface area contributed by atoms with Crippen LogP contribution in [0.25, 0.3) is 11.1 Å². The Labute approximate surface area is 112 Å². The molecule has 0 radical (unpaired) electrons. The average Bonchev–Trinajstić information content (AvgIpc) is 2.42. The first-order chi connectivity index (χ1) is 9.10. The number of aryl methyl sites for hydroxylation is 2. The van der Waals surface area contributed by atoms with Crippen molar-refractivity contribution in [3.05, 3.63) is 47.8 Å². The van der Waals surface area contributed by atoms with Crippen molar-refractivity contribution in [1.82, 2.24) is 4.98 Å². The van der Waals surface area contributed by atoms with E-state index in [-0.39, 0.29) is 0 Å². The molecule has 0 bridgehead atoms. The lowest BCUT2D eigenvalue weighted by atomic mass is 10.0. The molecule has 0 N–H and O–H groups in total. The molecule has 0 unspecified atom stereocenters. The number of nitrogens with zero attached hydrogens (tertiary/aromatic N) is 1. The Morgan fingerprint density at radius 1 is 1.05 bits per heavy atom. The first-order valence-corrected chi connectivity index (χ1v) is 5.88. The van der Waals surface area contributed by atoms with Gasteiger partial charge in [-0.05, 0) is 36.6 Å². The Kier molecular flexibility index (Phi) is 3.80. The maximum atomic E-state index is 11.1. The van der Waals surface area contributed by atoms with Crippen molar-refractivity contribution in [3.63, 3.8) is 0 Å². The maximum absolute atomic E-state index is 11.1. The summed E-state index contributed by atoms with van der Waals surface area (Å²) in [5.41, 5.74) is 4.37.